The molecule has 0 aromatic carbocycles. The van der Waals surface area contributed by atoms with E-state index >= 15 is 0 Å². The number of aromatic nitrogens is 10. The number of rotatable bonds is 8. The van der Waals surface area contributed by atoms with Gasteiger partial charge in [-0.3, -0.25) is 0 Å². The van der Waals surface area contributed by atoms with E-state index in [1.165, 1.54) is 116 Å². The van der Waals surface area contributed by atoms with Crippen LogP contribution in [0.15, 0.2) is 93.6 Å². The first-order valence-electron chi connectivity index (χ1n) is 17.5. The Bertz CT molecular complexity index is 2220. The van der Waals surface area contributed by atoms with Gasteiger partial charge in [-0.1, -0.05) is 11.8 Å². The summed E-state index contributed by atoms with van der Waals surface area (Å²) in [6, 6.07) is 0. The zero-order valence-electron chi connectivity index (χ0n) is 33.4. The summed E-state index contributed by atoms with van der Waals surface area (Å²) in [6.07, 6.45) is 44.6. The molecular weight excluding hydrogens is 793 g/mol. The van der Waals surface area contributed by atoms with E-state index in [9.17, 15) is 24.0 Å². The second-order valence-electron chi connectivity index (χ2n) is 11.1. The van der Waals surface area contributed by atoms with Crippen LogP contribution in [0.1, 0.15) is 33.6 Å². The Labute approximate surface area is 352 Å². The van der Waals surface area contributed by atoms with Crippen LogP contribution in [0.3, 0.4) is 0 Å². The van der Waals surface area contributed by atoms with Gasteiger partial charge in [0, 0.05) is 74.8 Å². The Hall–Kier alpha value is -8.80. The molecule has 20 nitrogen and oxygen atoms in total. The predicted octanol–water partition coefficient (Wildman–Crippen LogP) is 4.70. The largest absolute Gasteiger partial charge is 0.448 e. The molecule has 0 bridgehead atoms. The lowest BCUT2D eigenvalue weighted by atomic mass is 10.2. The molecule has 0 fully saturated rings. The molecular formula is C41H42N10O10. The molecule has 316 valence electrons. The molecule has 5 aromatic heterocycles. The van der Waals surface area contributed by atoms with Gasteiger partial charge in [0.05, 0.1) is 5.92 Å². The van der Waals surface area contributed by atoms with E-state index in [-0.39, 0.29) is 31.8 Å². The summed E-state index contributed by atoms with van der Waals surface area (Å²) in [7, 11) is 0. The van der Waals surface area contributed by atoms with E-state index in [1.54, 1.807) is 20.8 Å². The van der Waals surface area contributed by atoms with Crippen LogP contribution in [0.2, 0.25) is 0 Å². The first kappa shape index (κ1) is 50.2. The maximum Gasteiger partial charge on any atom is 0.420 e. The Morgan fingerprint density at radius 3 is 1.30 bits per heavy atom. The molecule has 61 heavy (non-hydrogen) atoms. The van der Waals surface area contributed by atoms with E-state index in [2.05, 4.69) is 59.3 Å². The lowest BCUT2D eigenvalue weighted by Gasteiger charge is -2.09. The molecule has 0 aliphatic heterocycles. The highest BCUT2D eigenvalue weighted by Crippen LogP contribution is 2.00. The van der Waals surface area contributed by atoms with Gasteiger partial charge in [0.25, 0.3) is 0 Å². The smallest absolute Gasteiger partial charge is 0.420 e. The van der Waals surface area contributed by atoms with Crippen molar-refractivity contribution < 1.29 is 47.7 Å². The molecule has 0 spiro atoms. The fourth-order valence-electron chi connectivity index (χ4n) is 3.29. The van der Waals surface area contributed by atoms with Crippen LogP contribution in [0, 0.1) is 67.6 Å². The van der Waals surface area contributed by atoms with Crippen molar-refractivity contribution in [2.75, 3.05) is 19.8 Å². The highest BCUT2D eigenvalue weighted by Gasteiger charge is 2.10. The number of terminal acetylenes is 5. The lowest BCUT2D eigenvalue weighted by Crippen LogP contribution is -2.18. The summed E-state index contributed by atoms with van der Waals surface area (Å²) in [5, 5.41) is 0. The molecule has 3 atom stereocenters. The van der Waals surface area contributed by atoms with Gasteiger partial charge in [0.1, 0.15) is 51.0 Å². The Morgan fingerprint density at radius 2 is 0.934 bits per heavy atom. The van der Waals surface area contributed by atoms with Crippen molar-refractivity contribution in [3.63, 3.8) is 0 Å². The molecule has 5 heterocycles. The van der Waals surface area contributed by atoms with Crippen LogP contribution in [-0.4, -0.2) is 110 Å². The van der Waals surface area contributed by atoms with Crippen molar-refractivity contribution in [2.24, 2.45) is 5.92 Å². The summed E-state index contributed by atoms with van der Waals surface area (Å²) in [5.41, 5.74) is 0. The third-order valence-corrected chi connectivity index (χ3v) is 6.29. The number of carbonyl (C=O) groups excluding carboxylic acids is 5. The summed E-state index contributed by atoms with van der Waals surface area (Å²) in [4.78, 5) is 73.8. The van der Waals surface area contributed by atoms with Gasteiger partial charge in [0.15, 0.2) is 12.7 Å². The molecule has 3 unspecified atom stereocenters. The highest BCUT2D eigenvalue weighted by molar-refractivity contribution is 5.71. The highest BCUT2D eigenvalue weighted by atomic mass is 16.6. The first-order valence-corrected chi connectivity index (χ1v) is 17.5. The second kappa shape index (κ2) is 30.4. The van der Waals surface area contributed by atoms with Gasteiger partial charge in [-0.2, -0.15) is 0 Å². The monoisotopic (exact) mass is 834 g/mol. The topological polar surface area (TPSA) is 221 Å². The summed E-state index contributed by atoms with van der Waals surface area (Å²) in [6.45, 7) is 5.63. The molecule has 0 amide bonds. The van der Waals surface area contributed by atoms with Crippen LogP contribution in [0.4, 0.5) is 24.0 Å². The molecule has 0 saturated heterocycles. The van der Waals surface area contributed by atoms with Crippen molar-refractivity contribution in [3.8, 4) is 61.7 Å². The third kappa shape index (κ3) is 21.9. The normalized spacial score (nSPS) is 10.6. The zero-order valence-corrected chi connectivity index (χ0v) is 33.4. The number of imidazole rings is 5. The second-order valence-corrected chi connectivity index (χ2v) is 11.1. The number of ether oxygens (including phenoxy) is 5. The van der Waals surface area contributed by atoms with Gasteiger partial charge in [0.2, 0.25) is 0 Å². The maximum absolute atomic E-state index is 11.2. The van der Waals surface area contributed by atoms with E-state index in [0.29, 0.717) is 12.8 Å². The number of hydrogen-bond acceptors (Lipinski definition) is 15. The zero-order chi connectivity index (χ0) is 45.3. The molecule has 0 radical (unpaired) electrons. The minimum Gasteiger partial charge on any atom is -0.448 e. The molecule has 20 heteroatoms. The number of hydrogen-bond donors (Lipinski definition) is 0. The number of carbonyl (C=O) groups is 5. The minimum absolute atomic E-state index is 0.0169. The van der Waals surface area contributed by atoms with Crippen molar-refractivity contribution in [2.45, 2.75) is 45.8 Å². The van der Waals surface area contributed by atoms with Crippen molar-refractivity contribution in [3.05, 3.63) is 93.6 Å². The van der Waals surface area contributed by atoms with E-state index < -0.39 is 36.6 Å². The minimum atomic E-state index is -0.516. The van der Waals surface area contributed by atoms with Crippen LogP contribution in [0.25, 0.3) is 0 Å². The Morgan fingerprint density at radius 1 is 0.525 bits per heavy atom. The molecule has 0 N–H and O–H groups in total. The molecule has 5 aromatic rings. The first-order chi connectivity index (χ1) is 29.4. The van der Waals surface area contributed by atoms with E-state index in [0.717, 1.165) is 0 Å². The SMILES string of the molecule is C#CC(C)COC(=O)n1ccnc1.C#CC(C)OC(=O)n1ccnc1.C#CCC(C)OC(=O)n1ccnc1.C#CCCOC(=O)n1ccnc1.C#CCOC(=O)n1ccnc1. The van der Waals surface area contributed by atoms with Crippen LogP contribution >= 0.6 is 0 Å². The van der Waals surface area contributed by atoms with Gasteiger partial charge in [-0.05, 0) is 20.8 Å². The van der Waals surface area contributed by atoms with Crippen LogP contribution in [-0.2, 0) is 23.7 Å². The van der Waals surface area contributed by atoms with Crippen molar-refractivity contribution >= 4 is 30.5 Å². The van der Waals surface area contributed by atoms with E-state index in [4.69, 9.17) is 51.1 Å². The molecule has 0 saturated carbocycles. The van der Waals surface area contributed by atoms with Crippen LogP contribution in [0.5, 0.6) is 0 Å². The quantitative estimate of drug-likeness (QED) is 0.118. The summed E-state index contributed by atoms with van der Waals surface area (Å²) in [5.74, 6) is 11.6. The van der Waals surface area contributed by atoms with Crippen molar-refractivity contribution in [1.29, 1.82) is 0 Å². The Balaban J connectivity index is 0.000000382. The predicted molar refractivity (Wildman–Crippen MR) is 217 cm³/mol. The van der Waals surface area contributed by atoms with Crippen molar-refractivity contribution in [1.82, 2.24) is 47.8 Å². The summed E-state index contributed by atoms with van der Waals surface area (Å²) >= 11 is 0. The summed E-state index contributed by atoms with van der Waals surface area (Å²) < 4.78 is 30.2. The molecule has 0 aliphatic carbocycles. The van der Waals surface area contributed by atoms with Gasteiger partial charge >= 0.3 is 30.5 Å². The maximum atomic E-state index is 11.2. The third-order valence-electron chi connectivity index (χ3n) is 6.29. The lowest BCUT2D eigenvalue weighted by molar-refractivity contribution is 0.110. The Kier molecular flexibility index (Phi) is 25.0. The number of nitrogens with zero attached hydrogens (tertiary/aromatic N) is 10. The molecule has 0 aliphatic rings. The standard InChI is InChI=1S/2C9H10N2O2.2C8H8N2O2.C7H6N2O2/c1-3-8(2)6-13-9(12)11-5-4-10-7-11;1-3-4-8(2)13-9(12)11-6-5-10-7-11;1-3-7(2)12-8(11)10-5-4-9-6-10;1-2-3-6-12-8(11)10-5-4-9-7-10;1-2-5-11-7(10)9-4-3-8-6-9/h1,4-5,7-8H,6H2,2H3;1,5-8H,4H2,2H3;1,4-7H,2H3;1,4-5,7H,3,6H2;1,3-4,6H,5H2. The van der Waals surface area contributed by atoms with Gasteiger partial charge < -0.3 is 23.7 Å². The van der Waals surface area contributed by atoms with Gasteiger partial charge in [-0.25, -0.2) is 71.7 Å². The fraction of sp³-hybridized carbons (Fsp3) is 0.268. The van der Waals surface area contributed by atoms with Gasteiger partial charge in [-0.15, -0.1) is 49.9 Å². The van der Waals surface area contributed by atoms with E-state index in [1.807, 2.05) is 0 Å². The van der Waals surface area contributed by atoms with Crippen LogP contribution < -0.4 is 0 Å². The molecule has 5 rings (SSSR count). The average Bonchev–Trinajstić information content (AvgIpc) is 4.12. The fourth-order valence-corrected chi connectivity index (χ4v) is 3.29. The average molecular weight is 835 g/mol.